The molecule has 3 nitrogen and oxygen atoms in total. The largest absolute Gasteiger partial charge is 0.344 e. The van der Waals surface area contributed by atoms with Crippen LogP contribution in [0.1, 0.15) is 0 Å². The summed E-state index contributed by atoms with van der Waals surface area (Å²) in [7, 11) is 2.19. The maximum absolute atomic E-state index is 2.54. The quantitative estimate of drug-likeness (QED) is 0.209. The lowest BCUT2D eigenvalue weighted by atomic mass is 10.0. The summed E-state index contributed by atoms with van der Waals surface area (Å²) in [5.41, 5.74) is 10.0. The molecule has 0 saturated carbocycles. The van der Waals surface area contributed by atoms with Gasteiger partial charge < -0.3 is 13.5 Å². The van der Waals surface area contributed by atoms with E-state index in [1.807, 2.05) is 0 Å². The minimum Gasteiger partial charge on any atom is -0.344 e. The van der Waals surface area contributed by atoms with Gasteiger partial charge in [0.1, 0.15) is 0 Å². The lowest BCUT2D eigenvalue weighted by molar-refractivity contribution is 1.01. The SMILES string of the molecule is Cn1c2cccc3c4cccc5c6cc7c(cc6n(c6cccc1c6c32)c45)c1ccccc1n7-c1ccccc1. The normalized spacial score (nSPS) is 12.6. The van der Waals surface area contributed by atoms with E-state index in [0.29, 0.717) is 0 Å². The second-order valence-electron chi connectivity index (χ2n) is 11.0. The topological polar surface area (TPSA) is 14.3 Å². The molecule has 0 bridgehead atoms. The summed E-state index contributed by atoms with van der Waals surface area (Å²) < 4.78 is 7.30. The highest BCUT2D eigenvalue weighted by atomic mass is 15.0. The van der Waals surface area contributed by atoms with Crippen LogP contribution in [0.15, 0.2) is 121 Å². The molecule has 0 aliphatic heterocycles. The smallest absolute Gasteiger partial charge is 0.0619 e. The van der Waals surface area contributed by atoms with Gasteiger partial charge in [0.25, 0.3) is 0 Å². The van der Waals surface area contributed by atoms with Gasteiger partial charge in [-0.1, -0.05) is 72.8 Å². The van der Waals surface area contributed by atoms with Crippen LogP contribution in [-0.2, 0) is 7.05 Å². The first-order chi connectivity index (χ1) is 19.8. The average Bonchev–Trinajstić information content (AvgIpc) is 3.58. The molecule has 0 amide bonds. The molecule has 0 aliphatic carbocycles. The number of aryl methyl sites for hydroxylation is 1. The van der Waals surface area contributed by atoms with E-state index in [4.69, 9.17) is 0 Å². The van der Waals surface area contributed by atoms with E-state index in [2.05, 4.69) is 142 Å². The van der Waals surface area contributed by atoms with Gasteiger partial charge in [0.05, 0.1) is 33.1 Å². The molecule has 40 heavy (non-hydrogen) atoms. The molecule has 0 spiro atoms. The van der Waals surface area contributed by atoms with Crippen molar-refractivity contribution in [3.63, 3.8) is 0 Å². The summed E-state index contributed by atoms with van der Waals surface area (Å²) >= 11 is 0. The van der Waals surface area contributed by atoms with Crippen LogP contribution in [0.5, 0.6) is 0 Å². The van der Waals surface area contributed by atoms with Crippen molar-refractivity contribution >= 4 is 81.7 Å². The first-order valence-electron chi connectivity index (χ1n) is 13.9. The Labute approximate surface area is 229 Å². The van der Waals surface area contributed by atoms with Crippen LogP contribution in [0.4, 0.5) is 0 Å². The van der Waals surface area contributed by atoms with E-state index in [-0.39, 0.29) is 0 Å². The van der Waals surface area contributed by atoms with Gasteiger partial charge >= 0.3 is 0 Å². The second kappa shape index (κ2) is 7.02. The van der Waals surface area contributed by atoms with Crippen LogP contribution in [-0.4, -0.2) is 13.5 Å². The minimum atomic E-state index is 1.18. The maximum Gasteiger partial charge on any atom is 0.0619 e. The fourth-order valence-electron chi connectivity index (χ4n) is 7.54. The molecule has 10 aromatic rings. The Kier molecular flexibility index (Phi) is 3.62. The van der Waals surface area contributed by atoms with Gasteiger partial charge in [0, 0.05) is 56.0 Å². The van der Waals surface area contributed by atoms with Gasteiger partial charge in [-0.3, -0.25) is 0 Å². The second-order valence-corrected chi connectivity index (χ2v) is 11.0. The maximum atomic E-state index is 2.54. The Morgan fingerprint density at radius 2 is 0.975 bits per heavy atom. The molecule has 10 rings (SSSR count). The molecular weight excluding hydrogens is 486 g/mol. The fourth-order valence-corrected chi connectivity index (χ4v) is 7.54. The van der Waals surface area contributed by atoms with Crippen molar-refractivity contribution in [2.75, 3.05) is 0 Å². The summed E-state index contributed by atoms with van der Waals surface area (Å²) in [6.45, 7) is 0. The number of fused-ring (bicyclic) bond motifs is 8. The molecule has 0 unspecified atom stereocenters. The van der Waals surface area contributed by atoms with Gasteiger partial charge in [-0.05, 0) is 53.9 Å². The predicted octanol–water partition coefficient (Wildman–Crippen LogP) is 9.58. The number of hydrogen-bond acceptors (Lipinski definition) is 0. The summed E-state index contributed by atoms with van der Waals surface area (Å²) in [5, 5.41) is 10.4. The molecular formula is C37H23N3. The van der Waals surface area contributed by atoms with E-state index in [1.54, 1.807) is 0 Å². The van der Waals surface area contributed by atoms with Gasteiger partial charge in [0.2, 0.25) is 0 Å². The van der Waals surface area contributed by atoms with Crippen molar-refractivity contribution in [1.82, 2.24) is 13.5 Å². The Hall–Kier alpha value is -5.28. The van der Waals surface area contributed by atoms with Crippen molar-refractivity contribution in [3.8, 4) is 5.69 Å². The lowest BCUT2D eigenvalue weighted by Gasteiger charge is -2.07. The molecule has 0 N–H and O–H groups in total. The number of para-hydroxylation sites is 3. The van der Waals surface area contributed by atoms with Gasteiger partial charge in [0.15, 0.2) is 0 Å². The number of rotatable bonds is 1. The zero-order valence-corrected chi connectivity index (χ0v) is 21.9. The van der Waals surface area contributed by atoms with E-state index in [9.17, 15) is 0 Å². The van der Waals surface area contributed by atoms with Crippen LogP contribution in [0, 0.1) is 0 Å². The number of hydrogen-bond donors (Lipinski definition) is 0. The highest BCUT2D eigenvalue weighted by Crippen LogP contribution is 2.44. The van der Waals surface area contributed by atoms with Crippen molar-refractivity contribution in [2.45, 2.75) is 0 Å². The Morgan fingerprint density at radius 1 is 0.400 bits per heavy atom. The predicted molar refractivity (Wildman–Crippen MR) is 169 cm³/mol. The Morgan fingerprint density at radius 3 is 1.85 bits per heavy atom. The molecule has 0 aliphatic rings. The van der Waals surface area contributed by atoms with E-state index in [0.717, 1.165) is 0 Å². The van der Waals surface area contributed by atoms with Gasteiger partial charge in [-0.15, -0.1) is 0 Å². The van der Waals surface area contributed by atoms with Crippen molar-refractivity contribution in [1.29, 1.82) is 0 Å². The molecule has 3 heteroatoms. The molecule has 6 aromatic carbocycles. The number of benzene rings is 6. The number of aromatic nitrogens is 3. The van der Waals surface area contributed by atoms with Crippen LogP contribution in [0.2, 0.25) is 0 Å². The zero-order valence-electron chi connectivity index (χ0n) is 21.9. The van der Waals surface area contributed by atoms with Gasteiger partial charge in [-0.2, -0.15) is 0 Å². The highest BCUT2D eigenvalue weighted by Gasteiger charge is 2.22. The third kappa shape index (κ3) is 2.30. The van der Waals surface area contributed by atoms with Crippen molar-refractivity contribution in [2.24, 2.45) is 7.05 Å². The average molecular weight is 510 g/mol. The third-order valence-electron chi connectivity index (χ3n) is 9.16. The van der Waals surface area contributed by atoms with Crippen LogP contribution in [0.3, 0.4) is 0 Å². The molecule has 0 fully saturated rings. The van der Waals surface area contributed by atoms with Gasteiger partial charge in [-0.25, -0.2) is 0 Å². The van der Waals surface area contributed by atoms with Crippen LogP contribution in [0.25, 0.3) is 87.4 Å². The Bertz CT molecular complexity index is 2650. The van der Waals surface area contributed by atoms with Crippen molar-refractivity contribution < 1.29 is 0 Å². The van der Waals surface area contributed by atoms with Crippen LogP contribution >= 0.6 is 0 Å². The zero-order chi connectivity index (χ0) is 26.1. The first kappa shape index (κ1) is 20.7. The molecule has 0 atom stereocenters. The van der Waals surface area contributed by atoms with Crippen LogP contribution < -0.4 is 0 Å². The highest BCUT2D eigenvalue weighted by molar-refractivity contribution is 6.31. The van der Waals surface area contributed by atoms with E-state index in [1.165, 1.54) is 87.4 Å². The minimum absolute atomic E-state index is 1.18. The third-order valence-corrected chi connectivity index (χ3v) is 9.16. The Balaban J connectivity index is 1.53. The summed E-state index contributed by atoms with van der Waals surface area (Å²) in [6, 6.07) is 44.8. The molecule has 4 aromatic heterocycles. The molecule has 0 saturated heterocycles. The first-order valence-corrected chi connectivity index (χ1v) is 13.9. The standard InChI is InChI=1S/C37H23N3/c1-38-30-17-8-13-24-25-14-7-15-26-28-21-33-27(23-12-5-6-16-29(23)39(33)22-10-3-2-4-11-22)20-34(28)40(37(25)26)32-19-9-18-31(38)36(32)35(24)30/h2-21H,1H3. The summed E-state index contributed by atoms with van der Waals surface area (Å²) in [6.07, 6.45) is 0. The fraction of sp³-hybridized carbons (Fsp3) is 0.0270. The lowest BCUT2D eigenvalue weighted by Crippen LogP contribution is -1.93. The summed E-state index contributed by atoms with van der Waals surface area (Å²) in [4.78, 5) is 0. The molecule has 186 valence electrons. The summed E-state index contributed by atoms with van der Waals surface area (Å²) in [5.74, 6) is 0. The molecule has 0 radical (unpaired) electrons. The monoisotopic (exact) mass is 509 g/mol. The van der Waals surface area contributed by atoms with E-state index >= 15 is 0 Å². The van der Waals surface area contributed by atoms with Crippen molar-refractivity contribution in [3.05, 3.63) is 121 Å². The number of nitrogens with zero attached hydrogens (tertiary/aromatic N) is 3. The molecule has 4 heterocycles. The van der Waals surface area contributed by atoms with E-state index < -0.39 is 0 Å².